The van der Waals surface area contributed by atoms with Crippen molar-refractivity contribution in [1.29, 1.82) is 0 Å². The molecule has 0 aliphatic heterocycles. The van der Waals surface area contributed by atoms with Gasteiger partial charge in [0.2, 0.25) is 11.0 Å². The molecule has 0 saturated heterocycles. The number of hydrogen-bond acceptors (Lipinski definition) is 6. The Bertz CT molecular complexity index is 544. The van der Waals surface area contributed by atoms with Gasteiger partial charge in [-0.05, 0) is 31.6 Å². The first kappa shape index (κ1) is 19.3. The molecule has 1 heterocycles. The lowest BCUT2D eigenvalue weighted by Gasteiger charge is -2.33. The molecule has 1 fully saturated rings. The van der Waals surface area contributed by atoms with Crippen LogP contribution in [-0.4, -0.2) is 52.6 Å². The van der Waals surface area contributed by atoms with Gasteiger partial charge in [0, 0.05) is 13.1 Å². The summed E-state index contributed by atoms with van der Waals surface area (Å²) in [5.74, 6) is 0.957. The van der Waals surface area contributed by atoms with E-state index in [1.807, 2.05) is 7.05 Å². The van der Waals surface area contributed by atoms with Gasteiger partial charge in [-0.1, -0.05) is 30.0 Å². The third-order valence-corrected chi connectivity index (χ3v) is 6.09. The third kappa shape index (κ3) is 6.12. The smallest absolute Gasteiger partial charge is 0.351 e. The summed E-state index contributed by atoms with van der Waals surface area (Å²) in [4.78, 5) is 14.1. The minimum atomic E-state index is -4.30. The minimum Gasteiger partial charge on any atom is -0.351 e. The van der Waals surface area contributed by atoms with Crippen LogP contribution in [0.1, 0.15) is 32.6 Å². The molecule has 1 aromatic heterocycles. The number of rotatable bonds is 6. The zero-order valence-corrected chi connectivity index (χ0v) is 15.2. The van der Waals surface area contributed by atoms with Crippen LogP contribution in [0.25, 0.3) is 0 Å². The number of carbonyl (C=O) groups excluding carboxylic acids is 1. The fourth-order valence-corrected chi connectivity index (χ4v) is 4.25. The molecule has 1 N–H and O–H groups in total. The van der Waals surface area contributed by atoms with Gasteiger partial charge in [-0.2, -0.15) is 13.2 Å². The van der Waals surface area contributed by atoms with Crippen LogP contribution in [0.15, 0.2) is 4.34 Å². The van der Waals surface area contributed by atoms with E-state index >= 15 is 0 Å². The second kappa shape index (κ2) is 8.37. The third-order valence-electron chi connectivity index (χ3n) is 4.09. The highest BCUT2D eigenvalue weighted by Gasteiger charge is 2.27. The average Bonchev–Trinajstić information content (AvgIpc) is 2.98. The lowest BCUT2D eigenvalue weighted by Crippen LogP contribution is -2.40. The molecule has 136 valence electrons. The van der Waals surface area contributed by atoms with E-state index in [1.165, 1.54) is 11.8 Å². The molecule has 5 nitrogen and oxygen atoms in total. The molecule has 1 aliphatic rings. The van der Waals surface area contributed by atoms with Gasteiger partial charge >= 0.3 is 6.18 Å². The number of thioether (sulfide) groups is 1. The van der Waals surface area contributed by atoms with E-state index in [2.05, 4.69) is 22.4 Å². The van der Waals surface area contributed by atoms with Crippen molar-refractivity contribution >= 4 is 34.1 Å². The predicted molar refractivity (Wildman–Crippen MR) is 89.4 cm³/mol. The maximum atomic E-state index is 12.3. The Kier molecular flexibility index (Phi) is 6.73. The van der Waals surface area contributed by atoms with E-state index < -0.39 is 12.7 Å². The molecule has 0 unspecified atom stereocenters. The number of halogens is 3. The van der Waals surface area contributed by atoms with E-state index in [-0.39, 0.29) is 22.8 Å². The number of nitrogens with zero attached hydrogens (tertiary/aromatic N) is 3. The largest absolute Gasteiger partial charge is 0.405 e. The average molecular weight is 382 g/mol. The molecule has 0 spiro atoms. The molecule has 0 aromatic carbocycles. The molecule has 1 saturated carbocycles. The Labute approximate surface area is 147 Å². The highest BCUT2D eigenvalue weighted by atomic mass is 32.2. The summed E-state index contributed by atoms with van der Waals surface area (Å²) in [6.45, 7) is 1.09. The van der Waals surface area contributed by atoms with Gasteiger partial charge in [0.05, 0.1) is 5.75 Å². The van der Waals surface area contributed by atoms with E-state index in [1.54, 1.807) is 4.90 Å². The molecule has 10 heteroatoms. The quantitative estimate of drug-likeness (QED) is 0.761. The van der Waals surface area contributed by atoms with Gasteiger partial charge in [-0.3, -0.25) is 4.79 Å². The van der Waals surface area contributed by atoms with Gasteiger partial charge in [0.15, 0.2) is 4.34 Å². The van der Waals surface area contributed by atoms with Crippen molar-refractivity contribution in [2.75, 3.05) is 24.7 Å². The van der Waals surface area contributed by atoms with Crippen LogP contribution in [0.5, 0.6) is 0 Å². The van der Waals surface area contributed by atoms with Crippen molar-refractivity contribution in [3.8, 4) is 0 Å². The molecule has 0 radical (unpaired) electrons. The molecule has 0 bridgehead atoms. The first-order chi connectivity index (χ1) is 11.2. The number of anilines is 1. The Morgan fingerprint density at radius 3 is 2.62 bits per heavy atom. The van der Waals surface area contributed by atoms with Crippen LogP contribution in [0.2, 0.25) is 0 Å². The topological polar surface area (TPSA) is 58.1 Å². The van der Waals surface area contributed by atoms with Crippen LogP contribution in [-0.2, 0) is 4.79 Å². The van der Waals surface area contributed by atoms with Gasteiger partial charge in [-0.15, -0.1) is 10.2 Å². The van der Waals surface area contributed by atoms with Crippen LogP contribution in [0, 0.1) is 5.92 Å². The van der Waals surface area contributed by atoms with Crippen molar-refractivity contribution < 1.29 is 18.0 Å². The standard InChI is InChI=1S/C14H21F3N4OS2/c1-9-3-5-10(6-4-9)21(2)11(22)7-23-13-20-19-12(24-13)18-8-14(15,16)17/h9-10H,3-8H2,1-2H3,(H,18,19). The fourth-order valence-electron chi connectivity index (χ4n) is 2.57. The maximum Gasteiger partial charge on any atom is 0.405 e. The van der Waals surface area contributed by atoms with Crippen LogP contribution >= 0.6 is 23.1 Å². The summed E-state index contributed by atoms with van der Waals surface area (Å²) < 4.78 is 36.9. The number of carbonyl (C=O) groups is 1. The summed E-state index contributed by atoms with van der Waals surface area (Å²) in [5, 5.41) is 9.74. The molecular weight excluding hydrogens is 361 g/mol. The lowest BCUT2D eigenvalue weighted by molar-refractivity contribution is -0.129. The van der Waals surface area contributed by atoms with Crippen molar-refractivity contribution in [2.24, 2.45) is 5.92 Å². The van der Waals surface area contributed by atoms with Crippen LogP contribution < -0.4 is 5.32 Å². The fraction of sp³-hybridized carbons (Fsp3) is 0.786. The predicted octanol–water partition coefficient (Wildman–Crippen LogP) is 3.64. The van der Waals surface area contributed by atoms with E-state index in [0.29, 0.717) is 4.34 Å². The van der Waals surface area contributed by atoms with Crippen LogP contribution in [0.4, 0.5) is 18.3 Å². The monoisotopic (exact) mass is 382 g/mol. The first-order valence-corrected chi connectivity index (χ1v) is 9.57. The second-order valence-electron chi connectivity index (χ2n) is 6.05. The Morgan fingerprint density at radius 1 is 1.33 bits per heavy atom. The van der Waals surface area contributed by atoms with Gasteiger partial charge < -0.3 is 10.2 Å². The number of amides is 1. The number of hydrogen-bond donors (Lipinski definition) is 1. The van der Waals surface area contributed by atoms with Gasteiger partial charge in [0.25, 0.3) is 0 Å². The van der Waals surface area contributed by atoms with Crippen molar-refractivity contribution in [3.63, 3.8) is 0 Å². The van der Waals surface area contributed by atoms with E-state index in [9.17, 15) is 18.0 Å². The normalized spacial score (nSPS) is 21.5. The van der Waals surface area contributed by atoms with Crippen molar-refractivity contribution in [2.45, 2.75) is 49.2 Å². The zero-order chi connectivity index (χ0) is 17.7. The summed E-state index contributed by atoms with van der Waals surface area (Å²) >= 11 is 2.23. The number of aromatic nitrogens is 2. The summed E-state index contributed by atoms with van der Waals surface area (Å²) in [6.07, 6.45) is 0.0338. The SMILES string of the molecule is CC1CCC(N(C)C(=O)CSc2nnc(NCC(F)(F)F)s2)CC1. The van der Waals surface area contributed by atoms with E-state index in [0.717, 1.165) is 42.9 Å². The van der Waals surface area contributed by atoms with E-state index in [4.69, 9.17) is 0 Å². The summed E-state index contributed by atoms with van der Waals surface area (Å²) in [5.41, 5.74) is 0. The molecule has 1 amide bonds. The second-order valence-corrected chi connectivity index (χ2v) is 8.25. The molecule has 2 rings (SSSR count). The van der Waals surface area contributed by atoms with Gasteiger partial charge in [-0.25, -0.2) is 0 Å². The lowest BCUT2D eigenvalue weighted by atomic mass is 9.87. The number of alkyl halides is 3. The molecule has 1 aliphatic carbocycles. The van der Waals surface area contributed by atoms with Crippen LogP contribution in [0.3, 0.4) is 0 Å². The van der Waals surface area contributed by atoms with Gasteiger partial charge in [0.1, 0.15) is 6.54 Å². The first-order valence-electron chi connectivity index (χ1n) is 7.77. The number of nitrogens with one attached hydrogen (secondary N) is 1. The molecule has 0 atom stereocenters. The van der Waals surface area contributed by atoms with Crippen molar-refractivity contribution in [3.05, 3.63) is 0 Å². The highest BCUT2D eigenvalue weighted by Crippen LogP contribution is 2.29. The Balaban J connectivity index is 1.76. The zero-order valence-electron chi connectivity index (χ0n) is 13.6. The summed E-state index contributed by atoms with van der Waals surface area (Å²) in [7, 11) is 1.82. The Morgan fingerprint density at radius 2 is 2.00 bits per heavy atom. The Hall–Kier alpha value is -1.03. The molecule has 24 heavy (non-hydrogen) atoms. The van der Waals surface area contributed by atoms with Crippen molar-refractivity contribution in [1.82, 2.24) is 15.1 Å². The maximum absolute atomic E-state index is 12.3. The minimum absolute atomic E-state index is 0.0135. The highest BCUT2D eigenvalue weighted by molar-refractivity contribution is 8.01. The molecular formula is C14H21F3N4OS2. The molecule has 1 aromatic rings. The summed E-state index contributed by atoms with van der Waals surface area (Å²) in [6, 6.07) is 0.285.